The van der Waals surface area contributed by atoms with Gasteiger partial charge in [-0.05, 0) is 45.2 Å². The van der Waals surface area contributed by atoms with E-state index in [-0.39, 0.29) is 0 Å². The minimum Gasteiger partial charge on any atom is -0.340 e. The fourth-order valence-corrected chi connectivity index (χ4v) is 3.95. The Morgan fingerprint density at radius 2 is 2.05 bits per heavy atom. The van der Waals surface area contributed by atoms with Gasteiger partial charge in [-0.1, -0.05) is 6.42 Å². The zero-order valence-electron chi connectivity index (χ0n) is 14.1. The predicted octanol–water partition coefficient (Wildman–Crippen LogP) is 1.67. The number of nitrogens with zero attached hydrogens (tertiary/aromatic N) is 4. The topological polar surface area (TPSA) is 41.4 Å². The molecule has 2 aliphatic heterocycles. The van der Waals surface area contributed by atoms with Gasteiger partial charge >= 0.3 is 0 Å². The Bertz CT molecular complexity index is 551. The maximum Gasteiger partial charge on any atom is 0.223 e. The molecule has 1 amide bonds. The van der Waals surface area contributed by atoms with Gasteiger partial charge in [-0.25, -0.2) is 0 Å². The molecule has 0 radical (unpaired) electrons. The highest BCUT2D eigenvalue weighted by Crippen LogP contribution is 2.22. The number of rotatable bonds is 3. The first-order chi connectivity index (χ1) is 10.6. The van der Waals surface area contributed by atoms with Gasteiger partial charge in [0.25, 0.3) is 0 Å². The van der Waals surface area contributed by atoms with Gasteiger partial charge in [0, 0.05) is 44.8 Å². The first kappa shape index (κ1) is 15.5. The Labute approximate surface area is 133 Å². The van der Waals surface area contributed by atoms with Crippen molar-refractivity contribution >= 4 is 5.91 Å². The van der Waals surface area contributed by atoms with E-state index in [9.17, 15) is 4.79 Å². The molecule has 0 unspecified atom stereocenters. The zero-order chi connectivity index (χ0) is 15.7. The normalized spacial score (nSPS) is 22.7. The van der Waals surface area contributed by atoms with Crippen LogP contribution in [-0.4, -0.2) is 57.7 Å². The van der Waals surface area contributed by atoms with Crippen LogP contribution in [0.15, 0.2) is 0 Å². The SMILES string of the molecule is Cc1nn(C)c(C)c1CCC(=O)N1CCN2CCCC[C@H]2C1. The largest absolute Gasteiger partial charge is 0.340 e. The summed E-state index contributed by atoms with van der Waals surface area (Å²) in [6.07, 6.45) is 5.32. The number of piperazine rings is 1. The van der Waals surface area contributed by atoms with Gasteiger partial charge in [0.1, 0.15) is 0 Å². The third-order valence-corrected chi connectivity index (χ3v) is 5.44. The Hall–Kier alpha value is -1.36. The molecule has 5 nitrogen and oxygen atoms in total. The van der Waals surface area contributed by atoms with Crippen molar-refractivity contribution in [2.24, 2.45) is 7.05 Å². The highest BCUT2D eigenvalue weighted by Gasteiger charge is 2.30. The van der Waals surface area contributed by atoms with Gasteiger partial charge in [0.05, 0.1) is 5.69 Å². The summed E-state index contributed by atoms with van der Waals surface area (Å²) in [4.78, 5) is 17.2. The first-order valence-electron chi connectivity index (χ1n) is 8.57. The Morgan fingerprint density at radius 3 is 2.77 bits per heavy atom. The molecule has 122 valence electrons. The number of fused-ring (bicyclic) bond motifs is 1. The fraction of sp³-hybridized carbons (Fsp3) is 0.765. The standard InChI is InChI=1S/C17H28N4O/c1-13-16(14(2)19(3)18-13)7-8-17(22)21-11-10-20-9-5-4-6-15(20)12-21/h15H,4-12H2,1-3H3/t15-/m0/s1. The van der Waals surface area contributed by atoms with E-state index in [0.29, 0.717) is 18.4 Å². The molecule has 2 fully saturated rings. The number of carbonyl (C=O) groups is 1. The summed E-state index contributed by atoms with van der Waals surface area (Å²) < 4.78 is 1.91. The third kappa shape index (κ3) is 3.05. The van der Waals surface area contributed by atoms with Crippen molar-refractivity contribution in [3.63, 3.8) is 0 Å². The van der Waals surface area contributed by atoms with E-state index in [1.165, 1.54) is 37.1 Å². The van der Waals surface area contributed by atoms with Gasteiger partial charge in [0.2, 0.25) is 5.91 Å². The molecule has 0 N–H and O–H groups in total. The Balaban J connectivity index is 1.56. The maximum absolute atomic E-state index is 12.6. The number of hydrogen-bond acceptors (Lipinski definition) is 3. The van der Waals surface area contributed by atoms with Crippen LogP contribution in [0.5, 0.6) is 0 Å². The smallest absolute Gasteiger partial charge is 0.223 e. The molecule has 1 aromatic heterocycles. The summed E-state index contributed by atoms with van der Waals surface area (Å²) in [5, 5.41) is 4.44. The molecule has 1 atom stereocenters. The number of carbonyl (C=O) groups excluding carboxylic acids is 1. The first-order valence-corrected chi connectivity index (χ1v) is 8.57. The van der Waals surface area contributed by atoms with E-state index >= 15 is 0 Å². The Kier molecular flexibility index (Phi) is 4.52. The van der Waals surface area contributed by atoms with Crippen LogP contribution < -0.4 is 0 Å². The average molecular weight is 304 g/mol. The molecule has 3 rings (SSSR count). The molecule has 1 aromatic rings. The van der Waals surface area contributed by atoms with E-state index in [1.807, 2.05) is 18.7 Å². The van der Waals surface area contributed by atoms with Crippen molar-refractivity contribution in [3.8, 4) is 0 Å². The van der Waals surface area contributed by atoms with Crippen LogP contribution in [0.1, 0.15) is 42.6 Å². The highest BCUT2D eigenvalue weighted by molar-refractivity contribution is 5.76. The van der Waals surface area contributed by atoms with Crippen LogP contribution in [0.25, 0.3) is 0 Å². The molecule has 0 aliphatic carbocycles. The van der Waals surface area contributed by atoms with Crippen LogP contribution in [0, 0.1) is 13.8 Å². The van der Waals surface area contributed by atoms with Crippen molar-refractivity contribution in [1.82, 2.24) is 19.6 Å². The second-order valence-corrected chi connectivity index (χ2v) is 6.80. The monoisotopic (exact) mass is 304 g/mol. The molecule has 5 heteroatoms. The molecule has 2 saturated heterocycles. The summed E-state index contributed by atoms with van der Waals surface area (Å²) in [6, 6.07) is 0.605. The van der Waals surface area contributed by atoms with Crippen LogP contribution in [-0.2, 0) is 18.3 Å². The minimum atomic E-state index is 0.313. The van der Waals surface area contributed by atoms with E-state index in [1.54, 1.807) is 0 Å². The lowest BCUT2D eigenvalue weighted by molar-refractivity contribution is -0.134. The second kappa shape index (κ2) is 6.41. The van der Waals surface area contributed by atoms with Gasteiger partial charge in [-0.15, -0.1) is 0 Å². The number of piperidine rings is 1. The van der Waals surface area contributed by atoms with Crippen LogP contribution in [0.3, 0.4) is 0 Å². The molecular weight excluding hydrogens is 276 g/mol. The van der Waals surface area contributed by atoms with Gasteiger partial charge in [0.15, 0.2) is 0 Å². The van der Waals surface area contributed by atoms with E-state index < -0.39 is 0 Å². The molecule has 3 heterocycles. The lowest BCUT2D eigenvalue weighted by Gasteiger charge is -2.44. The van der Waals surface area contributed by atoms with E-state index in [2.05, 4.69) is 21.8 Å². The summed E-state index contributed by atoms with van der Waals surface area (Å²) in [7, 11) is 1.97. The van der Waals surface area contributed by atoms with Crippen molar-refractivity contribution in [2.75, 3.05) is 26.2 Å². The fourth-order valence-electron chi connectivity index (χ4n) is 3.95. The number of aromatic nitrogens is 2. The molecule has 0 bridgehead atoms. The maximum atomic E-state index is 12.6. The number of hydrogen-bond donors (Lipinski definition) is 0. The summed E-state index contributed by atoms with van der Waals surface area (Å²) >= 11 is 0. The van der Waals surface area contributed by atoms with Crippen molar-refractivity contribution in [3.05, 3.63) is 17.0 Å². The lowest BCUT2D eigenvalue weighted by atomic mass is 9.99. The third-order valence-electron chi connectivity index (χ3n) is 5.44. The van der Waals surface area contributed by atoms with Crippen LogP contribution in [0.2, 0.25) is 0 Å². The summed E-state index contributed by atoms with van der Waals surface area (Å²) in [5.41, 5.74) is 3.49. The molecule has 2 aliphatic rings. The van der Waals surface area contributed by atoms with Crippen molar-refractivity contribution in [1.29, 1.82) is 0 Å². The molecule has 0 spiro atoms. The number of aryl methyl sites for hydroxylation is 2. The van der Waals surface area contributed by atoms with E-state index in [4.69, 9.17) is 0 Å². The van der Waals surface area contributed by atoms with Gasteiger partial charge in [-0.3, -0.25) is 14.4 Å². The number of amides is 1. The van der Waals surface area contributed by atoms with Gasteiger partial charge in [-0.2, -0.15) is 5.10 Å². The summed E-state index contributed by atoms with van der Waals surface area (Å²) in [6.45, 7) is 8.24. The molecule has 0 aromatic carbocycles. The second-order valence-electron chi connectivity index (χ2n) is 6.80. The van der Waals surface area contributed by atoms with Crippen LogP contribution in [0.4, 0.5) is 0 Å². The van der Waals surface area contributed by atoms with Crippen molar-refractivity contribution in [2.45, 2.75) is 52.0 Å². The average Bonchev–Trinajstić information content (AvgIpc) is 2.77. The quantitative estimate of drug-likeness (QED) is 0.853. The predicted molar refractivity (Wildman–Crippen MR) is 86.8 cm³/mol. The van der Waals surface area contributed by atoms with Crippen molar-refractivity contribution < 1.29 is 4.79 Å². The zero-order valence-corrected chi connectivity index (χ0v) is 14.1. The summed E-state index contributed by atoms with van der Waals surface area (Å²) in [5.74, 6) is 0.313. The highest BCUT2D eigenvalue weighted by atomic mass is 16.2. The molecule has 0 saturated carbocycles. The van der Waals surface area contributed by atoms with Crippen LogP contribution >= 0.6 is 0 Å². The lowest BCUT2D eigenvalue weighted by Crippen LogP contribution is -2.56. The van der Waals surface area contributed by atoms with Gasteiger partial charge < -0.3 is 4.90 Å². The molecular formula is C17H28N4O. The van der Waals surface area contributed by atoms with E-state index in [0.717, 1.165) is 31.7 Å². The Morgan fingerprint density at radius 1 is 1.23 bits per heavy atom. The molecule has 22 heavy (non-hydrogen) atoms. The minimum absolute atomic E-state index is 0.313.